The second-order valence-electron chi connectivity index (χ2n) is 7.62. The first-order valence-electron chi connectivity index (χ1n) is 10.4. The van der Waals surface area contributed by atoms with E-state index in [1.54, 1.807) is 35.3 Å². The van der Waals surface area contributed by atoms with Crippen LogP contribution < -0.4 is 5.32 Å². The van der Waals surface area contributed by atoms with E-state index in [4.69, 9.17) is 11.2 Å². The van der Waals surface area contributed by atoms with E-state index < -0.39 is 17.9 Å². The molecule has 0 bridgehead atoms. The van der Waals surface area contributed by atoms with Gasteiger partial charge >= 0.3 is 0 Å². The summed E-state index contributed by atoms with van der Waals surface area (Å²) in [4.78, 5) is 50.7. The first-order chi connectivity index (χ1) is 15.5. The van der Waals surface area contributed by atoms with Crippen LogP contribution in [0.25, 0.3) is 0 Å². The summed E-state index contributed by atoms with van der Waals surface area (Å²) in [5, 5.41) is 7.26. The predicted octanol–water partition coefficient (Wildman–Crippen LogP) is 1.28. The Morgan fingerprint density at radius 2 is 2.03 bits per heavy atom. The highest BCUT2D eigenvalue weighted by Gasteiger charge is 2.45. The number of amides is 2. The molecule has 1 N–H and O–H groups in total. The van der Waals surface area contributed by atoms with E-state index in [0.717, 1.165) is 4.90 Å². The van der Waals surface area contributed by atoms with Gasteiger partial charge < -0.3 is 10.1 Å². The Balaban J connectivity index is 1.34. The fraction of sp³-hybridized carbons (Fsp3) is 0.348. The molecule has 2 aliphatic rings. The number of rotatable bonds is 8. The van der Waals surface area contributed by atoms with Gasteiger partial charge in [0.2, 0.25) is 0 Å². The Kier molecular flexibility index (Phi) is 6.14. The molecule has 1 aromatic heterocycles. The maximum absolute atomic E-state index is 13.0. The number of aromatic nitrogens is 2. The van der Waals surface area contributed by atoms with Gasteiger partial charge in [-0.25, -0.2) is 0 Å². The number of benzene rings is 1. The zero-order valence-electron chi connectivity index (χ0n) is 17.4. The van der Waals surface area contributed by atoms with Crippen LogP contribution in [0.1, 0.15) is 45.5 Å². The van der Waals surface area contributed by atoms with Crippen LogP contribution in [0, 0.1) is 12.3 Å². The van der Waals surface area contributed by atoms with Crippen LogP contribution in [-0.2, 0) is 20.9 Å². The summed E-state index contributed by atoms with van der Waals surface area (Å²) >= 11 is 0. The lowest BCUT2D eigenvalue weighted by molar-refractivity contribution is -0.132. The molecule has 9 heteroatoms. The van der Waals surface area contributed by atoms with Gasteiger partial charge in [0.15, 0.2) is 5.78 Å². The second kappa shape index (κ2) is 9.16. The molecule has 1 aromatic carbocycles. The van der Waals surface area contributed by atoms with Crippen LogP contribution in [0.15, 0.2) is 30.6 Å². The standard InChI is InChI=1S/C23H22N4O5/c1-2-15-13-25-26(14-15)9-11-32-10-8-24-18-5-3-4-17-21(18)23(31)27(22(17)30)19-7-6-16(28)12-20(19)29/h1,3-5,13-14,19,24H,6-12H2. The molecule has 4 rings (SSSR count). The lowest BCUT2D eigenvalue weighted by Crippen LogP contribution is -2.47. The molecule has 1 fully saturated rings. The number of nitrogens with zero attached hydrogens (tertiary/aromatic N) is 3. The molecule has 1 atom stereocenters. The fourth-order valence-corrected chi connectivity index (χ4v) is 3.94. The molecule has 0 saturated heterocycles. The molecule has 0 spiro atoms. The molecule has 2 aromatic rings. The van der Waals surface area contributed by atoms with Gasteiger partial charge in [0.05, 0.1) is 55.1 Å². The van der Waals surface area contributed by atoms with Gasteiger partial charge in [0.1, 0.15) is 5.78 Å². The molecule has 1 aliphatic carbocycles. The van der Waals surface area contributed by atoms with Crippen LogP contribution >= 0.6 is 0 Å². The number of Topliss-reactive ketones (excluding diaryl/α,β-unsaturated/α-hetero) is 2. The van der Waals surface area contributed by atoms with Gasteiger partial charge in [-0.1, -0.05) is 12.0 Å². The zero-order valence-corrected chi connectivity index (χ0v) is 17.4. The quantitative estimate of drug-likeness (QED) is 0.288. The molecule has 1 aliphatic heterocycles. The van der Waals surface area contributed by atoms with Crippen molar-refractivity contribution >= 4 is 29.1 Å². The van der Waals surface area contributed by atoms with Crippen molar-refractivity contribution in [3.63, 3.8) is 0 Å². The average Bonchev–Trinajstić information content (AvgIpc) is 3.34. The SMILES string of the molecule is C#Cc1cnn(CCOCCNc2cccc3c2C(=O)N(C2CCC(=O)CC2=O)C3=O)c1. The van der Waals surface area contributed by atoms with Gasteiger partial charge in [-0.05, 0) is 18.6 Å². The van der Waals surface area contributed by atoms with Crippen LogP contribution in [-0.4, -0.2) is 63.9 Å². The maximum atomic E-state index is 13.0. The largest absolute Gasteiger partial charge is 0.382 e. The van der Waals surface area contributed by atoms with Gasteiger partial charge in [0.25, 0.3) is 11.8 Å². The van der Waals surface area contributed by atoms with Gasteiger partial charge in [0, 0.05) is 24.8 Å². The highest BCUT2D eigenvalue weighted by atomic mass is 16.5. The van der Waals surface area contributed by atoms with Crippen molar-refractivity contribution in [2.24, 2.45) is 0 Å². The lowest BCUT2D eigenvalue weighted by Gasteiger charge is -2.27. The lowest BCUT2D eigenvalue weighted by atomic mass is 9.92. The molecular weight excluding hydrogens is 412 g/mol. The van der Waals surface area contributed by atoms with Crippen LogP contribution in [0.3, 0.4) is 0 Å². The summed E-state index contributed by atoms with van der Waals surface area (Å²) in [5.41, 5.74) is 1.73. The van der Waals surface area contributed by atoms with Crippen molar-refractivity contribution < 1.29 is 23.9 Å². The van der Waals surface area contributed by atoms with E-state index >= 15 is 0 Å². The predicted molar refractivity (Wildman–Crippen MR) is 114 cm³/mol. The van der Waals surface area contributed by atoms with Crippen LogP contribution in [0.4, 0.5) is 5.69 Å². The number of hydrogen-bond acceptors (Lipinski definition) is 7. The fourth-order valence-electron chi connectivity index (χ4n) is 3.94. The minimum atomic E-state index is -0.881. The number of imide groups is 1. The number of hydrogen-bond donors (Lipinski definition) is 1. The summed E-state index contributed by atoms with van der Waals surface area (Å²) < 4.78 is 7.30. The van der Waals surface area contributed by atoms with E-state index in [2.05, 4.69) is 16.3 Å². The molecule has 1 saturated carbocycles. The Morgan fingerprint density at radius 1 is 1.19 bits per heavy atom. The van der Waals surface area contributed by atoms with Gasteiger partial charge in [-0.2, -0.15) is 5.10 Å². The number of fused-ring (bicyclic) bond motifs is 1. The summed E-state index contributed by atoms with van der Waals surface area (Å²) in [6, 6.07) is 4.09. The summed E-state index contributed by atoms with van der Waals surface area (Å²) in [5.74, 6) is 0.960. The first kappa shape index (κ1) is 21.5. The van der Waals surface area contributed by atoms with E-state index in [-0.39, 0.29) is 42.0 Å². The minimum Gasteiger partial charge on any atom is -0.382 e. The zero-order chi connectivity index (χ0) is 22.7. The van der Waals surface area contributed by atoms with Crippen molar-refractivity contribution in [2.75, 3.05) is 25.1 Å². The van der Waals surface area contributed by atoms with Crippen molar-refractivity contribution in [1.29, 1.82) is 0 Å². The third-order valence-electron chi connectivity index (χ3n) is 5.52. The normalized spacial score (nSPS) is 18.1. The molecule has 0 radical (unpaired) electrons. The average molecular weight is 434 g/mol. The van der Waals surface area contributed by atoms with E-state index in [9.17, 15) is 19.2 Å². The number of ether oxygens (including phenoxy) is 1. The number of nitrogens with one attached hydrogen (secondary N) is 1. The number of carbonyl (C=O) groups excluding carboxylic acids is 4. The number of ketones is 2. The number of terminal acetylenes is 1. The summed E-state index contributed by atoms with van der Waals surface area (Å²) in [7, 11) is 0. The highest BCUT2D eigenvalue weighted by molar-refractivity contribution is 6.25. The van der Waals surface area contributed by atoms with Crippen LogP contribution in [0.2, 0.25) is 0 Å². The first-order valence-corrected chi connectivity index (χ1v) is 10.4. The third-order valence-corrected chi connectivity index (χ3v) is 5.52. The monoisotopic (exact) mass is 434 g/mol. The second-order valence-corrected chi connectivity index (χ2v) is 7.62. The molecule has 9 nitrogen and oxygen atoms in total. The van der Waals surface area contributed by atoms with Gasteiger partial charge in [-0.15, -0.1) is 6.42 Å². The van der Waals surface area contributed by atoms with Crippen LogP contribution in [0.5, 0.6) is 0 Å². The highest BCUT2D eigenvalue weighted by Crippen LogP contribution is 2.33. The summed E-state index contributed by atoms with van der Waals surface area (Å²) in [6.45, 7) is 1.79. The Morgan fingerprint density at radius 3 is 2.78 bits per heavy atom. The topological polar surface area (TPSA) is 111 Å². The Labute approximate surface area is 184 Å². The summed E-state index contributed by atoms with van der Waals surface area (Å²) in [6.07, 6.45) is 8.82. The molecule has 1 unspecified atom stereocenters. The Bertz CT molecular complexity index is 1130. The van der Waals surface area contributed by atoms with Crippen molar-refractivity contribution in [3.8, 4) is 12.3 Å². The minimum absolute atomic E-state index is 0.158. The molecule has 2 amide bonds. The smallest absolute Gasteiger partial charge is 0.264 e. The molecule has 32 heavy (non-hydrogen) atoms. The van der Waals surface area contributed by atoms with Gasteiger partial charge in [-0.3, -0.25) is 28.8 Å². The molecule has 164 valence electrons. The van der Waals surface area contributed by atoms with Crippen molar-refractivity contribution in [3.05, 3.63) is 47.3 Å². The van der Waals surface area contributed by atoms with E-state index in [1.807, 2.05) is 0 Å². The van der Waals surface area contributed by atoms with Crippen molar-refractivity contribution in [2.45, 2.75) is 31.8 Å². The third kappa shape index (κ3) is 4.18. The number of carbonyl (C=O) groups is 4. The molecular formula is C23H22N4O5. The van der Waals surface area contributed by atoms with Crippen molar-refractivity contribution in [1.82, 2.24) is 14.7 Å². The number of anilines is 1. The van der Waals surface area contributed by atoms with E-state index in [0.29, 0.717) is 37.6 Å². The molecule has 2 heterocycles. The Hall–Kier alpha value is -3.77. The maximum Gasteiger partial charge on any atom is 0.264 e. The van der Waals surface area contributed by atoms with E-state index in [1.165, 1.54) is 0 Å².